The fourth-order valence-corrected chi connectivity index (χ4v) is 4.45. The summed E-state index contributed by atoms with van der Waals surface area (Å²) in [7, 11) is 0. The molecule has 1 N–H and O–H groups in total. The van der Waals surface area contributed by atoms with Crippen LogP contribution in [-0.4, -0.2) is 39.8 Å². The number of rotatable bonds is 3. The summed E-state index contributed by atoms with van der Waals surface area (Å²) in [5, 5.41) is 9.75. The Kier molecular flexibility index (Phi) is 4.67. The third kappa shape index (κ3) is 3.07. The van der Waals surface area contributed by atoms with Crippen LogP contribution in [0.1, 0.15) is 29.5 Å². The molecule has 0 saturated carbocycles. The van der Waals surface area contributed by atoms with Gasteiger partial charge in [0.1, 0.15) is 5.75 Å². The number of phenols is 1. The molecular weight excluding hydrogens is 352 g/mol. The van der Waals surface area contributed by atoms with Crippen molar-refractivity contribution < 1.29 is 14.7 Å². The molecule has 1 fully saturated rings. The maximum absolute atomic E-state index is 13.8. The molecule has 0 unspecified atom stereocenters. The van der Waals surface area contributed by atoms with Crippen molar-refractivity contribution in [3.8, 4) is 5.75 Å². The van der Waals surface area contributed by atoms with Gasteiger partial charge in [0, 0.05) is 26.2 Å². The molecule has 1 saturated heterocycles. The van der Waals surface area contributed by atoms with Crippen molar-refractivity contribution in [3.63, 3.8) is 0 Å². The predicted molar refractivity (Wildman–Crippen MR) is 106 cm³/mol. The second kappa shape index (κ2) is 7.15. The molecule has 0 aliphatic carbocycles. The Morgan fingerprint density at radius 2 is 1.64 bits per heavy atom. The molecule has 2 aliphatic rings. The quantitative estimate of drug-likeness (QED) is 0.838. The zero-order valence-electron chi connectivity index (χ0n) is 15.8. The number of carbonyl (C=O) groups is 2. The summed E-state index contributed by atoms with van der Waals surface area (Å²) in [6.07, 6.45) is 2.52. The summed E-state index contributed by atoms with van der Waals surface area (Å²) in [4.78, 5) is 29.4. The van der Waals surface area contributed by atoms with Gasteiger partial charge < -0.3 is 14.9 Å². The number of amides is 2. The van der Waals surface area contributed by atoms with Gasteiger partial charge in [-0.15, -0.1) is 0 Å². The van der Waals surface area contributed by atoms with E-state index in [1.165, 1.54) is 6.08 Å². The highest BCUT2D eigenvalue weighted by Crippen LogP contribution is 2.40. The monoisotopic (exact) mass is 376 g/mol. The Morgan fingerprint density at radius 3 is 2.32 bits per heavy atom. The number of nitrogens with zero attached hydrogens (tertiary/aromatic N) is 2. The first-order chi connectivity index (χ1) is 13.5. The number of hydrogen-bond acceptors (Lipinski definition) is 3. The molecule has 144 valence electrons. The number of fused-ring (bicyclic) bond motifs is 1. The Bertz CT molecular complexity index is 915. The first-order valence-electron chi connectivity index (χ1n) is 9.60. The van der Waals surface area contributed by atoms with Gasteiger partial charge in [-0.2, -0.15) is 0 Å². The Labute approximate surface area is 164 Å². The number of likely N-dealkylation sites (tertiary alicyclic amines) is 1. The minimum atomic E-state index is -0.636. The maximum atomic E-state index is 13.8. The van der Waals surface area contributed by atoms with Crippen LogP contribution in [0.4, 0.5) is 0 Å². The predicted octanol–water partition coefficient (Wildman–Crippen LogP) is 2.98. The summed E-state index contributed by atoms with van der Waals surface area (Å²) in [6.45, 7) is 5.70. The summed E-state index contributed by atoms with van der Waals surface area (Å²) in [6, 6.07) is 15.2. The van der Waals surface area contributed by atoms with Crippen LogP contribution in [0.2, 0.25) is 0 Å². The van der Waals surface area contributed by atoms with Crippen LogP contribution in [0, 0.1) is 0 Å². The van der Waals surface area contributed by atoms with E-state index >= 15 is 0 Å². The lowest BCUT2D eigenvalue weighted by Gasteiger charge is -2.42. The highest BCUT2D eigenvalue weighted by Gasteiger charge is 2.46. The van der Waals surface area contributed by atoms with Gasteiger partial charge in [-0.05, 0) is 47.7 Å². The van der Waals surface area contributed by atoms with Crippen molar-refractivity contribution in [2.75, 3.05) is 13.1 Å². The van der Waals surface area contributed by atoms with Gasteiger partial charge in [-0.1, -0.05) is 43.0 Å². The van der Waals surface area contributed by atoms with E-state index in [1.807, 2.05) is 41.3 Å². The molecule has 5 heteroatoms. The zero-order chi connectivity index (χ0) is 19.7. The number of carbonyl (C=O) groups excluding carboxylic acids is 2. The minimum Gasteiger partial charge on any atom is -0.508 e. The van der Waals surface area contributed by atoms with Crippen molar-refractivity contribution in [1.82, 2.24) is 9.80 Å². The van der Waals surface area contributed by atoms with Crippen LogP contribution in [0.3, 0.4) is 0 Å². The van der Waals surface area contributed by atoms with Gasteiger partial charge in [0.2, 0.25) is 11.8 Å². The largest absolute Gasteiger partial charge is 0.508 e. The van der Waals surface area contributed by atoms with Crippen LogP contribution in [0.15, 0.2) is 61.2 Å². The molecule has 0 spiro atoms. The molecule has 2 aromatic rings. The SMILES string of the molecule is C=CC(=O)N1CCC(C(=O)N2Cc3ccc(O)cc3C2)(c2ccccc2)CC1. The topological polar surface area (TPSA) is 60.9 Å². The van der Waals surface area contributed by atoms with E-state index in [1.54, 1.807) is 17.0 Å². The van der Waals surface area contributed by atoms with Gasteiger partial charge in [0.25, 0.3) is 0 Å². The Morgan fingerprint density at radius 1 is 0.964 bits per heavy atom. The lowest BCUT2D eigenvalue weighted by Crippen LogP contribution is -2.52. The van der Waals surface area contributed by atoms with E-state index < -0.39 is 5.41 Å². The summed E-state index contributed by atoms with van der Waals surface area (Å²) in [5.74, 6) is 0.236. The van der Waals surface area contributed by atoms with Crippen LogP contribution in [0.25, 0.3) is 0 Å². The standard InChI is InChI=1S/C23H24N2O3/c1-2-21(27)24-12-10-23(11-13-24,19-6-4-3-5-7-19)22(28)25-15-17-8-9-20(26)14-18(17)16-25/h2-9,14,26H,1,10-13,15-16H2. The molecule has 4 rings (SSSR count). The maximum Gasteiger partial charge on any atom is 0.245 e. The summed E-state index contributed by atoms with van der Waals surface area (Å²) >= 11 is 0. The van der Waals surface area contributed by atoms with Gasteiger partial charge in [-0.3, -0.25) is 9.59 Å². The smallest absolute Gasteiger partial charge is 0.245 e. The molecule has 0 bridgehead atoms. The third-order valence-electron chi connectivity index (χ3n) is 6.04. The molecule has 0 aromatic heterocycles. The molecule has 2 aliphatic heterocycles. The van der Waals surface area contributed by atoms with Gasteiger partial charge in [0.15, 0.2) is 0 Å². The van der Waals surface area contributed by atoms with E-state index in [-0.39, 0.29) is 17.6 Å². The van der Waals surface area contributed by atoms with Crippen LogP contribution >= 0.6 is 0 Å². The second-order valence-corrected chi connectivity index (χ2v) is 7.59. The molecular formula is C23H24N2O3. The molecule has 2 amide bonds. The molecule has 2 aromatic carbocycles. The molecule has 0 radical (unpaired) electrons. The van der Waals surface area contributed by atoms with Crippen molar-refractivity contribution in [2.45, 2.75) is 31.3 Å². The zero-order valence-corrected chi connectivity index (χ0v) is 15.8. The van der Waals surface area contributed by atoms with E-state index in [9.17, 15) is 14.7 Å². The van der Waals surface area contributed by atoms with Crippen molar-refractivity contribution >= 4 is 11.8 Å². The van der Waals surface area contributed by atoms with E-state index in [0.29, 0.717) is 39.0 Å². The van der Waals surface area contributed by atoms with Crippen molar-refractivity contribution in [1.29, 1.82) is 0 Å². The first kappa shape index (κ1) is 18.3. The number of aromatic hydroxyl groups is 1. The van der Waals surface area contributed by atoms with Crippen LogP contribution in [0.5, 0.6) is 5.75 Å². The van der Waals surface area contributed by atoms with E-state index in [4.69, 9.17) is 0 Å². The van der Waals surface area contributed by atoms with Gasteiger partial charge in [0.05, 0.1) is 5.41 Å². The summed E-state index contributed by atoms with van der Waals surface area (Å²) in [5.41, 5.74) is 2.44. The van der Waals surface area contributed by atoms with Gasteiger partial charge >= 0.3 is 0 Å². The minimum absolute atomic E-state index is 0.0850. The molecule has 2 heterocycles. The highest BCUT2D eigenvalue weighted by atomic mass is 16.3. The normalized spacial score (nSPS) is 17.9. The summed E-state index contributed by atoms with van der Waals surface area (Å²) < 4.78 is 0. The van der Waals surface area contributed by atoms with Gasteiger partial charge in [-0.25, -0.2) is 0 Å². The molecule has 0 atom stereocenters. The Hall–Kier alpha value is -3.08. The fourth-order valence-electron chi connectivity index (χ4n) is 4.45. The molecule has 5 nitrogen and oxygen atoms in total. The Balaban J connectivity index is 1.63. The number of benzene rings is 2. The van der Waals surface area contributed by atoms with E-state index in [2.05, 4.69) is 6.58 Å². The second-order valence-electron chi connectivity index (χ2n) is 7.59. The lowest BCUT2D eigenvalue weighted by molar-refractivity contribution is -0.142. The number of piperidine rings is 1. The van der Waals surface area contributed by atoms with Crippen molar-refractivity contribution in [3.05, 3.63) is 77.9 Å². The highest BCUT2D eigenvalue weighted by molar-refractivity contribution is 5.90. The first-order valence-corrected chi connectivity index (χ1v) is 9.60. The number of phenolic OH excluding ortho intramolecular Hbond substituents is 1. The number of hydrogen-bond donors (Lipinski definition) is 1. The average molecular weight is 376 g/mol. The van der Waals surface area contributed by atoms with Crippen LogP contribution < -0.4 is 0 Å². The fraction of sp³-hybridized carbons (Fsp3) is 0.304. The molecule has 28 heavy (non-hydrogen) atoms. The van der Waals surface area contributed by atoms with E-state index in [0.717, 1.165) is 16.7 Å². The third-order valence-corrected chi connectivity index (χ3v) is 6.04. The van der Waals surface area contributed by atoms with Crippen LogP contribution in [-0.2, 0) is 28.1 Å². The average Bonchev–Trinajstić information content (AvgIpc) is 3.16. The van der Waals surface area contributed by atoms with Crippen molar-refractivity contribution in [2.24, 2.45) is 0 Å². The lowest BCUT2D eigenvalue weighted by atomic mass is 9.71.